The summed E-state index contributed by atoms with van der Waals surface area (Å²) in [5.74, 6) is 0. The van der Waals surface area contributed by atoms with Crippen LogP contribution in [0.4, 0.5) is 5.69 Å². The summed E-state index contributed by atoms with van der Waals surface area (Å²) in [4.78, 5) is 0.256. The summed E-state index contributed by atoms with van der Waals surface area (Å²) in [6, 6.07) is 15.6. The van der Waals surface area contributed by atoms with Gasteiger partial charge in [-0.25, -0.2) is 13.1 Å². The molecule has 1 heterocycles. The molecule has 3 rings (SSSR count). The lowest BCUT2D eigenvalue weighted by atomic mass is 9.98. The maximum absolute atomic E-state index is 12.3. The molecular formula is C16H15N3O2S. The van der Waals surface area contributed by atoms with Crippen molar-refractivity contribution in [3.05, 3.63) is 59.7 Å². The van der Waals surface area contributed by atoms with Gasteiger partial charge < -0.3 is 5.32 Å². The van der Waals surface area contributed by atoms with Gasteiger partial charge in [0.05, 0.1) is 16.5 Å². The normalized spacial score (nSPS) is 17.1. The van der Waals surface area contributed by atoms with E-state index in [9.17, 15) is 8.42 Å². The first-order valence-corrected chi connectivity index (χ1v) is 8.41. The number of sulfonamides is 1. The summed E-state index contributed by atoms with van der Waals surface area (Å²) in [5, 5.41) is 12.2. The van der Waals surface area contributed by atoms with Gasteiger partial charge in [0.2, 0.25) is 10.0 Å². The van der Waals surface area contributed by atoms with E-state index in [4.69, 9.17) is 5.26 Å². The minimum atomic E-state index is -3.53. The van der Waals surface area contributed by atoms with Gasteiger partial charge in [-0.15, -0.1) is 0 Å². The van der Waals surface area contributed by atoms with Gasteiger partial charge in [0.25, 0.3) is 0 Å². The van der Waals surface area contributed by atoms with Gasteiger partial charge >= 0.3 is 0 Å². The molecule has 0 saturated carbocycles. The zero-order valence-corrected chi connectivity index (χ0v) is 12.6. The maximum Gasteiger partial charge on any atom is 0.240 e. The van der Waals surface area contributed by atoms with E-state index >= 15 is 0 Å². The number of benzene rings is 2. The molecule has 2 N–H and O–H groups in total. The Labute approximate surface area is 129 Å². The number of nitrogens with one attached hydrogen (secondary N) is 2. The van der Waals surface area contributed by atoms with Crippen molar-refractivity contribution in [3.8, 4) is 6.07 Å². The second-order valence-electron chi connectivity index (χ2n) is 5.20. The molecule has 0 aromatic heterocycles. The van der Waals surface area contributed by atoms with Crippen LogP contribution < -0.4 is 10.0 Å². The Morgan fingerprint density at radius 3 is 2.68 bits per heavy atom. The van der Waals surface area contributed by atoms with Crippen molar-refractivity contribution in [2.75, 3.05) is 11.9 Å². The maximum atomic E-state index is 12.3. The van der Waals surface area contributed by atoms with Gasteiger partial charge in [-0.05, 0) is 42.3 Å². The van der Waals surface area contributed by atoms with Gasteiger partial charge in [0.1, 0.15) is 0 Å². The average Bonchev–Trinajstić information content (AvgIpc) is 2.54. The van der Waals surface area contributed by atoms with E-state index in [1.165, 1.54) is 0 Å². The van der Waals surface area contributed by atoms with Crippen molar-refractivity contribution in [2.45, 2.75) is 17.4 Å². The average molecular weight is 313 g/mol. The van der Waals surface area contributed by atoms with E-state index in [0.29, 0.717) is 18.5 Å². The van der Waals surface area contributed by atoms with Crippen LogP contribution in [0.1, 0.15) is 11.1 Å². The monoisotopic (exact) mass is 313 g/mol. The summed E-state index contributed by atoms with van der Waals surface area (Å²) < 4.78 is 27.4. The molecule has 22 heavy (non-hydrogen) atoms. The van der Waals surface area contributed by atoms with Gasteiger partial charge in [-0.1, -0.05) is 18.2 Å². The summed E-state index contributed by atoms with van der Waals surface area (Å²) >= 11 is 0. The van der Waals surface area contributed by atoms with E-state index in [2.05, 4.69) is 16.1 Å². The number of fused-ring (bicyclic) bond motifs is 1. The Balaban J connectivity index is 1.79. The molecule has 0 aliphatic carbocycles. The van der Waals surface area contributed by atoms with Crippen LogP contribution in [0.3, 0.4) is 0 Å². The minimum absolute atomic E-state index is 0.244. The second-order valence-corrected chi connectivity index (χ2v) is 6.91. The molecule has 2 aromatic carbocycles. The molecule has 112 valence electrons. The number of nitrogens with zero attached hydrogens (tertiary/aromatic N) is 1. The summed E-state index contributed by atoms with van der Waals surface area (Å²) in [7, 11) is -3.53. The third-order valence-electron chi connectivity index (χ3n) is 3.61. The lowest BCUT2D eigenvalue weighted by Gasteiger charge is -2.27. The first kappa shape index (κ1) is 14.6. The van der Waals surface area contributed by atoms with Crippen LogP contribution in [0.5, 0.6) is 0 Å². The predicted molar refractivity (Wildman–Crippen MR) is 83.9 cm³/mol. The highest BCUT2D eigenvalue weighted by Crippen LogP contribution is 2.23. The Hall–Kier alpha value is -2.36. The summed E-state index contributed by atoms with van der Waals surface area (Å²) in [5.41, 5.74) is 2.48. The van der Waals surface area contributed by atoms with E-state index in [1.54, 1.807) is 42.5 Å². The predicted octanol–water partition coefficient (Wildman–Crippen LogP) is 1.87. The molecule has 0 bridgehead atoms. The molecule has 0 radical (unpaired) electrons. The van der Waals surface area contributed by atoms with Gasteiger partial charge in [0.15, 0.2) is 0 Å². The number of nitriles is 1. The van der Waals surface area contributed by atoms with Crippen molar-refractivity contribution in [3.63, 3.8) is 0 Å². The van der Waals surface area contributed by atoms with Gasteiger partial charge in [-0.3, -0.25) is 0 Å². The largest absolute Gasteiger partial charge is 0.383 e. The third-order valence-corrected chi connectivity index (χ3v) is 5.15. The number of anilines is 1. The van der Waals surface area contributed by atoms with Crippen LogP contribution in [0.15, 0.2) is 53.4 Å². The zero-order valence-electron chi connectivity index (χ0n) is 11.8. The standard InChI is InChI=1S/C16H15N3O2S/c17-10-12-6-7-16-13(8-12)9-14(11-18-16)19-22(20,21)15-4-2-1-3-5-15/h1-8,14,18-19H,9,11H2/t14-/m0/s1. The van der Waals surface area contributed by atoms with Crippen LogP contribution in [-0.2, 0) is 16.4 Å². The Kier molecular flexibility index (Phi) is 3.84. The molecule has 1 aliphatic heterocycles. The molecule has 2 aromatic rings. The fraction of sp³-hybridized carbons (Fsp3) is 0.188. The van der Waals surface area contributed by atoms with E-state index in [-0.39, 0.29) is 10.9 Å². The number of hydrogen-bond donors (Lipinski definition) is 2. The molecular weight excluding hydrogens is 298 g/mol. The van der Waals surface area contributed by atoms with Crippen LogP contribution in [-0.4, -0.2) is 21.0 Å². The minimum Gasteiger partial charge on any atom is -0.383 e. The Bertz CT molecular complexity index is 826. The van der Waals surface area contributed by atoms with E-state index in [0.717, 1.165) is 11.3 Å². The van der Waals surface area contributed by atoms with Crippen LogP contribution >= 0.6 is 0 Å². The molecule has 0 amide bonds. The van der Waals surface area contributed by atoms with Crippen molar-refractivity contribution < 1.29 is 8.42 Å². The molecule has 6 heteroatoms. The molecule has 0 unspecified atom stereocenters. The van der Waals surface area contributed by atoms with Crippen LogP contribution in [0.2, 0.25) is 0 Å². The van der Waals surface area contributed by atoms with Crippen LogP contribution in [0, 0.1) is 11.3 Å². The van der Waals surface area contributed by atoms with E-state index in [1.807, 2.05) is 6.07 Å². The van der Waals surface area contributed by atoms with Gasteiger partial charge in [-0.2, -0.15) is 5.26 Å². The molecule has 0 fully saturated rings. The number of hydrogen-bond acceptors (Lipinski definition) is 4. The highest BCUT2D eigenvalue weighted by Gasteiger charge is 2.24. The fourth-order valence-corrected chi connectivity index (χ4v) is 3.80. The van der Waals surface area contributed by atoms with Crippen LogP contribution in [0.25, 0.3) is 0 Å². The Morgan fingerprint density at radius 2 is 1.95 bits per heavy atom. The van der Waals surface area contributed by atoms with Crippen molar-refractivity contribution in [2.24, 2.45) is 0 Å². The smallest absolute Gasteiger partial charge is 0.240 e. The Morgan fingerprint density at radius 1 is 1.18 bits per heavy atom. The van der Waals surface area contributed by atoms with Gasteiger partial charge in [0, 0.05) is 18.3 Å². The topological polar surface area (TPSA) is 82.0 Å². The molecule has 5 nitrogen and oxygen atoms in total. The summed E-state index contributed by atoms with van der Waals surface area (Å²) in [6.45, 7) is 0.519. The first-order valence-electron chi connectivity index (χ1n) is 6.93. The molecule has 0 spiro atoms. The quantitative estimate of drug-likeness (QED) is 0.906. The molecule has 0 saturated heterocycles. The highest BCUT2D eigenvalue weighted by molar-refractivity contribution is 7.89. The first-order chi connectivity index (χ1) is 10.6. The summed E-state index contributed by atoms with van der Waals surface area (Å²) in [6.07, 6.45) is 0.559. The third kappa shape index (κ3) is 2.96. The molecule has 1 atom stereocenters. The lowest BCUT2D eigenvalue weighted by molar-refractivity contribution is 0.548. The number of rotatable bonds is 3. The fourth-order valence-electron chi connectivity index (χ4n) is 2.55. The van der Waals surface area contributed by atoms with Crippen molar-refractivity contribution >= 4 is 15.7 Å². The zero-order chi connectivity index (χ0) is 15.6. The second kappa shape index (κ2) is 5.79. The molecule has 1 aliphatic rings. The SMILES string of the molecule is N#Cc1ccc2c(c1)C[C@H](NS(=O)(=O)c1ccccc1)CN2. The van der Waals surface area contributed by atoms with Crippen molar-refractivity contribution in [1.82, 2.24) is 4.72 Å². The lowest BCUT2D eigenvalue weighted by Crippen LogP contribution is -2.43. The highest BCUT2D eigenvalue weighted by atomic mass is 32.2. The van der Waals surface area contributed by atoms with E-state index < -0.39 is 10.0 Å². The van der Waals surface area contributed by atoms with Crippen molar-refractivity contribution in [1.29, 1.82) is 5.26 Å².